The van der Waals surface area contributed by atoms with Crippen molar-refractivity contribution < 1.29 is 4.79 Å². The second kappa shape index (κ2) is 9.13. The van der Waals surface area contributed by atoms with E-state index < -0.39 is 5.91 Å². The maximum Gasteiger partial charge on any atom is 0.258 e. The van der Waals surface area contributed by atoms with Crippen LogP contribution in [-0.2, 0) is 6.42 Å². The van der Waals surface area contributed by atoms with Crippen LogP contribution < -0.4 is 11.1 Å². The first-order valence-electron chi connectivity index (χ1n) is 9.73. The smallest absolute Gasteiger partial charge is 0.258 e. The molecule has 0 radical (unpaired) electrons. The lowest BCUT2D eigenvalue weighted by molar-refractivity contribution is 0.0978. The van der Waals surface area contributed by atoms with E-state index in [4.69, 9.17) is 16.1 Å². The summed E-state index contributed by atoms with van der Waals surface area (Å²) in [7, 11) is 0. The van der Waals surface area contributed by atoms with Gasteiger partial charge in [0.15, 0.2) is 5.96 Å². The maximum absolute atomic E-state index is 12.6. The molecule has 0 saturated heterocycles. The van der Waals surface area contributed by atoms with Gasteiger partial charge in [-0.25, -0.2) is 4.98 Å². The Balaban J connectivity index is 2.04. The lowest BCUT2D eigenvalue weighted by atomic mass is 9.96. The van der Waals surface area contributed by atoms with Crippen molar-refractivity contribution in [1.82, 2.24) is 10.3 Å². The van der Waals surface area contributed by atoms with Crippen molar-refractivity contribution in [2.75, 3.05) is 0 Å². The fourth-order valence-corrected chi connectivity index (χ4v) is 3.42. The summed E-state index contributed by atoms with van der Waals surface area (Å²) in [6.45, 7) is 2.21. The van der Waals surface area contributed by atoms with E-state index in [1.54, 1.807) is 6.07 Å². The average molecular weight is 374 g/mol. The fourth-order valence-electron chi connectivity index (χ4n) is 3.42. The number of hydrogen-bond donors (Lipinski definition) is 3. The third-order valence-corrected chi connectivity index (χ3v) is 4.80. The van der Waals surface area contributed by atoms with Crippen molar-refractivity contribution in [3.63, 3.8) is 0 Å². The maximum atomic E-state index is 12.6. The number of amides is 1. The predicted octanol–water partition coefficient (Wildman–Crippen LogP) is 4.65. The Morgan fingerprint density at radius 1 is 1.07 bits per heavy atom. The second-order valence-corrected chi connectivity index (χ2v) is 6.91. The predicted molar refractivity (Wildman–Crippen MR) is 114 cm³/mol. The monoisotopic (exact) mass is 374 g/mol. The third kappa shape index (κ3) is 4.55. The Morgan fingerprint density at radius 2 is 1.82 bits per heavy atom. The molecule has 0 bridgehead atoms. The largest absolute Gasteiger partial charge is 0.370 e. The van der Waals surface area contributed by atoms with Crippen molar-refractivity contribution in [3.05, 3.63) is 65.7 Å². The van der Waals surface area contributed by atoms with Gasteiger partial charge in [0.1, 0.15) is 0 Å². The molecule has 4 N–H and O–H groups in total. The molecule has 0 spiro atoms. The molecule has 1 aromatic heterocycles. The molecule has 0 fully saturated rings. The molecular weight excluding hydrogens is 348 g/mol. The molecule has 28 heavy (non-hydrogen) atoms. The van der Waals surface area contributed by atoms with Crippen molar-refractivity contribution in [2.24, 2.45) is 5.73 Å². The molecule has 0 unspecified atom stereocenters. The number of aryl methyl sites for hydroxylation is 1. The summed E-state index contributed by atoms with van der Waals surface area (Å²) in [5.74, 6) is -0.767. The van der Waals surface area contributed by atoms with E-state index in [0.717, 1.165) is 35.0 Å². The number of para-hydroxylation sites is 1. The molecule has 5 heteroatoms. The highest BCUT2D eigenvalue weighted by molar-refractivity contribution is 6.12. The molecule has 3 rings (SSSR count). The van der Waals surface area contributed by atoms with Gasteiger partial charge in [0.2, 0.25) is 0 Å². The van der Waals surface area contributed by atoms with Crippen LogP contribution in [0, 0.1) is 5.41 Å². The van der Waals surface area contributed by atoms with Crippen LogP contribution >= 0.6 is 0 Å². The Hall–Kier alpha value is -3.21. The summed E-state index contributed by atoms with van der Waals surface area (Å²) >= 11 is 0. The van der Waals surface area contributed by atoms with Crippen molar-refractivity contribution in [3.8, 4) is 11.3 Å². The number of carbonyl (C=O) groups excluding carboxylic acids is 1. The summed E-state index contributed by atoms with van der Waals surface area (Å²) < 4.78 is 0. The molecule has 2 aromatic carbocycles. The molecule has 5 nitrogen and oxygen atoms in total. The van der Waals surface area contributed by atoms with Crippen LogP contribution in [0.2, 0.25) is 0 Å². The lowest BCUT2D eigenvalue weighted by Gasteiger charge is -2.13. The minimum atomic E-state index is -0.396. The fraction of sp³-hybridized carbons (Fsp3) is 0.261. The van der Waals surface area contributed by atoms with Gasteiger partial charge in [0.05, 0.1) is 16.8 Å². The quantitative estimate of drug-likeness (QED) is 0.319. The molecule has 0 atom stereocenters. The normalized spacial score (nSPS) is 10.8. The first-order chi connectivity index (χ1) is 13.6. The van der Waals surface area contributed by atoms with Gasteiger partial charge in [-0.2, -0.15) is 0 Å². The number of nitrogens with one attached hydrogen (secondary N) is 2. The number of carbonyl (C=O) groups is 1. The summed E-state index contributed by atoms with van der Waals surface area (Å²) in [5.41, 5.74) is 9.62. The summed E-state index contributed by atoms with van der Waals surface area (Å²) in [5, 5.41) is 10.5. The van der Waals surface area contributed by atoms with E-state index in [0.29, 0.717) is 5.56 Å². The summed E-state index contributed by atoms with van der Waals surface area (Å²) in [4.78, 5) is 17.4. The standard InChI is InChI=1S/C23H26N4O/c1-2-3-4-5-10-16-11-6-7-12-17(16)21-15-19(22(28)27-23(24)25)18-13-8-9-14-20(18)26-21/h6-9,11-15H,2-5,10H2,1H3,(H4,24,25,27,28). The van der Waals surface area contributed by atoms with Crippen LogP contribution in [0.4, 0.5) is 0 Å². The number of nitrogens with zero attached hydrogens (tertiary/aromatic N) is 1. The number of nitrogens with two attached hydrogens (primary N) is 1. The molecule has 1 amide bonds. The highest BCUT2D eigenvalue weighted by Gasteiger charge is 2.15. The Bertz CT molecular complexity index is 997. The Labute approximate surface area is 165 Å². The number of pyridine rings is 1. The van der Waals surface area contributed by atoms with Crippen LogP contribution in [0.15, 0.2) is 54.6 Å². The molecule has 144 valence electrons. The van der Waals surface area contributed by atoms with Gasteiger partial charge in [-0.1, -0.05) is 68.7 Å². The molecule has 0 aliphatic carbocycles. The molecular formula is C23H26N4O. The van der Waals surface area contributed by atoms with Gasteiger partial charge < -0.3 is 5.73 Å². The zero-order chi connectivity index (χ0) is 19.9. The van der Waals surface area contributed by atoms with E-state index >= 15 is 0 Å². The first kappa shape index (κ1) is 19.5. The zero-order valence-electron chi connectivity index (χ0n) is 16.2. The van der Waals surface area contributed by atoms with Crippen molar-refractivity contribution in [1.29, 1.82) is 5.41 Å². The minimum Gasteiger partial charge on any atom is -0.370 e. The molecule has 3 aromatic rings. The van der Waals surface area contributed by atoms with Crippen LogP contribution in [0.5, 0.6) is 0 Å². The Kier molecular flexibility index (Phi) is 6.37. The highest BCUT2D eigenvalue weighted by atomic mass is 16.1. The lowest BCUT2D eigenvalue weighted by Crippen LogP contribution is -2.35. The molecule has 0 aliphatic rings. The van der Waals surface area contributed by atoms with Crippen LogP contribution in [0.3, 0.4) is 0 Å². The first-order valence-corrected chi connectivity index (χ1v) is 9.73. The number of benzene rings is 2. The second-order valence-electron chi connectivity index (χ2n) is 6.91. The molecule has 1 heterocycles. The van der Waals surface area contributed by atoms with Crippen molar-refractivity contribution >= 4 is 22.8 Å². The van der Waals surface area contributed by atoms with Crippen LogP contribution in [0.1, 0.15) is 48.5 Å². The number of guanidine groups is 1. The van der Waals surface area contributed by atoms with Gasteiger partial charge in [0, 0.05) is 10.9 Å². The SMILES string of the molecule is CCCCCCc1ccccc1-c1cc(C(=O)NC(=N)N)c2ccccc2n1. The van der Waals surface area contributed by atoms with Crippen LogP contribution in [0.25, 0.3) is 22.2 Å². The van der Waals surface area contributed by atoms with Crippen LogP contribution in [-0.4, -0.2) is 16.9 Å². The number of unbranched alkanes of at least 4 members (excludes halogenated alkanes) is 3. The summed E-state index contributed by atoms with van der Waals surface area (Å²) in [6.07, 6.45) is 5.78. The van der Waals surface area contributed by atoms with Crippen molar-refractivity contribution in [2.45, 2.75) is 39.0 Å². The van der Waals surface area contributed by atoms with E-state index in [-0.39, 0.29) is 5.96 Å². The van der Waals surface area contributed by atoms with Gasteiger partial charge in [0.25, 0.3) is 5.91 Å². The Morgan fingerprint density at radius 3 is 2.61 bits per heavy atom. The number of aromatic nitrogens is 1. The van der Waals surface area contributed by atoms with Gasteiger partial charge in [-0.05, 0) is 30.5 Å². The van der Waals surface area contributed by atoms with E-state index in [1.165, 1.54) is 24.8 Å². The third-order valence-electron chi connectivity index (χ3n) is 4.80. The van der Waals surface area contributed by atoms with E-state index in [1.807, 2.05) is 36.4 Å². The van der Waals surface area contributed by atoms with E-state index in [2.05, 4.69) is 24.4 Å². The number of fused-ring (bicyclic) bond motifs is 1. The van der Waals surface area contributed by atoms with E-state index in [9.17, 15) is 4.79 Å². The van der Waals surface area contributed by atoms with Gasteiger partial charge >= 0.3 is 0 Å². The topological polar surface area (TPSA) is 91.9 Å². The highest BCUT2D eigenvalue weighted by Crippen LogP contribution is 2.28. The number of hydrogen-bond acceptors (Lipinski definition) is 3. The average Bonchev–Trinajstić information content (AvgIpc) is 2.70. The summed E-state index contributed by atoms with van der Waals surface area (Å²) in [6, 6.07) is 17.6. The zero-order valence-corrected chi connectivity index (χ0v) is 16.2. The molecule has 0 saturated carbocycles. The number of rotatable bonds is 7. The van der Waals surface area contributed by atoms with Gasteiger partial charge in [-0.15, -0.1) is 0 Å². The molecule has 0 aliphatic heterocycles. The van der Waals surface area contributed by atoms with Gasteiger partial charge in [-0.3, -0.25) is 15.5 Å². The minimum absolute atomic E-state index is 0.372.